The number of hydrogen-bond donors (Lipinski definition) is 3. The number of nitrogens with one attached hydrogen (secondary N) is 1. The van der Waals surface area contributed by atoms with Crippen LogP contribution in [0.4, 0.5) is 23.2 Å². The minimum absolute atomic E-state index is 0.108. The summed E-state index contributed by atoms with van der Waals surface area (Å²) in [5, 5.41) is 16.4. The van der Waals surface area contributed by atoms with E-state index in [4.69, 9.17) is 5.73 Å². The van der Waals surface area contributed by atoms with Crippen LogP contribution in [0.2, 0.25) is 0 Å². The summed E-state index contributed by atoms with van der Waals surface area (Å²) in [4.78, 5) is 38.2. The fraction of sp³-hybridized carbons (Fsp3) is 0.625. The molecule has 1 unspecified atom stereocenters. The van der Waals surface area contributed by atoms with Gasteiger partial charge in [-0.05, 0) is 62.3 Å². The van der Waals surface area contributed by atoms with Crippen molar-refractivity contribution in [3.63, 3.8) is 0 Å². The molecular formula is C32H42F4N4O4. The molecule has 1 heterocycles. The zero-order valence-corrected chi connectivity index (χ0v) is 25.4. The second-order valence-electron chi connectivity index (χ2n) is 12.7. The third kappa shape index (κ3) is 7.26. The van der Waals surface area contributed by atoms with Gasteiger partial charge in [0.2, 0.25) is 5.91 Å². The first-order valence-electron chi connectivity index (χ1n) is 15.5. The van der Waals surface area contributed by atoms with Gasteiger partial charge in [0.1, 0.15) is 11.5 Å². The lowest BCUT2D eigenvalue weighted by molar-refractivity contribution is -0.141. The summed E-state index contributed by atoms with van der Waals surface area (Å²) >= 11 is 0. The molecule has 2 aromatic rings. The maximum absolute atomic E-state index is 15.4. The fourth-order valence-electron chi connectivity index (χ4n) is 7.25. The van der Waals surface area contributed by atoms with Crippen LogP contribution in [0, 0.1) is 23.6 Å². The van der Waals surface area contributed by atoms with E-state index in [0.29, 0.717) is 12.1 Å². The minimum atomic E-state index is -5.00. The molecule has 2 saturated carbocycles. The molecule has 12 heteroatoms. The van der Waals surface area contributed by atoms with Crippen LogP contribution in [0.15, 0.2) is 18.2 Å². The monoisotopic (exact) mass is 622 g/mol. The summed E-state index contributed by atoms with van der Waals surface area (Å²) in [6, 6.07) is 2.22. The molecule has 2 aliphatic rings. The van der Waals surface area contributed by atoms with E-state index in [1.165, 1.54) is 10.7 Å². The van der Waals surface area contributed by atoms with Gasteiger partial charge in [0.25, 0.3) is 5.91 Å². The maximum Gasteiger partial charge on any atom is 0.416 e. The lowest BCUT2D eigenvalue weighted by atomic mass is 9.64. The van der Waals surface area contributed by atoms with Crippen LogP contribution in [0.25, 0.3) is 0 Å². The topological polar surface area (TPSA) is 127 Å². The minimum Gasteiger partial charge on any atom is -0.481 e. The van der Waals surface area contributed by atoms with E-state index in [0.717, 1.165) is 71.1 Å². The molecule has 0 bridgehead atoms. The quantitative estimate of drug-likeness (QED) is 0.238. The molecule has 4 N–H and O–H groups in total. The Labute approximate surface area is 254 Å². The summed E-state index contributed by atoms with van der Waals surface area (Å²) in [6.45, 7) is 4.67. The van der Waals surface area contributed by atoms with Gasteiger partial charge in [0.15, 0.2) is 0 Å². The highest BCUT2D eigenvalue weighted by Crippen LogP contribution is 2.47. The molecule has 8 nitrogen and oxygen atoms in total. The molecule has 1 aromatic carbocycles. The number of benzene rings is 1. The van der Waals surface area contributed by atoms with Gasteiger partial charge in [-0.15, -0.1) is 0 Å². The number of amides is 2. The SMILES string of the molecule is CC(C(=O)O)c1cc(F)c(NC(=O)[C@H](c2cc(C(N)=O)n(C(C)C)n2)C(C2CCCCC2)C2CCCCC2)cc1C(F)(F)F. The Morgan fingerprint density at radius 1 is 0.955 bits per heavy atom. The van der Waals surface area contributed by atoms with Gasteiger partial charge in [-0.25, -0.2) is 4.39 Å². The predicted octanol–water partition coefficient (Wildman–Crippen LogP) is 7.41. The number of carbonyl (C=O) groups excluding carboxylic acids is 2. The van der Waals surface area contributed by atoms with Crippen molar-refractivity contribution in [2.75, 3.05) is 5.32 Å². The van der Waals surface area contributed by atoms with E-state index in [9.17, 15) is 32.7 Å². The van der Waals surface area contributed by atoms with E-state index in [1.54, 1.807) is 0 Å². The van der Waals surface area contributed by atoms with Gasteiger partial charge in [-0.2, -0.15) is 18.3 Å². The average molecular weight is 623 g/mol. The highest BCUT2D eigenvalue weighted by molar-refractivity contribution is 5.97. The van der Waals surface area contributed by atoms with Crippen LogP contribution in [-0.4, -0.2) is 32.7 Å². The zero-order chi connectivity index (χ0) is 32.3. The molecule has 2 fully saturated rings. The Kier molecular flexibility index (Phi) is 10.4. The third-order valence-corrected chi connectivity index (χ3v) is 9.41. The second kappa shape index (κ2) is 13.7. The van der Waals surface area contributed by atoms with Crippen molar-refractivity contribution in [3.05, 3.63) is 46.5 Å². The first-order chi connectivity index (χ1) is 20.7. The van der Waals surface area contributed by atoms with Crippen LogP contribution in [-0.2, 0) is 15.8 Å². The molecular weight excluding hydrogens is 580 g/mol. The van der Waals surface area contributed by atoms with Crippen molar-refractivity contribution in [1.29, 1.82) is 0 Å². The lowest BCUT2D eigenvalue weighted by Crippen LogP contribution is -2.38. The molecule has 2 atom stereocenters. The Bertz CT molecular complexity index is 1340. The summed E-state index contributed by atoms with van der Waals surface area (Å²) in [5.41, 5.74) is 3.28. The average Bonchev–Trinajstić information content (AvgIpc) is 3.42. The van der Waals surface area contributed by atoms with Gasteiger partial charge >= 0.3 is 12.1 Å². The number of carboxylic acids is 1. The third-order valence-electron chi connectivity index (χ3n) is 9.41. The molecule has 44 heavy (non-hydrogen) atoms. The van der Waals surface area contributed by atoms with E-state index in [2.05, 4.69) is 10.4 Å². The number of anilines is 1. The molecule has 0 radical (unpaired) electrons. The van der Waals surface area contributed by atoms with E-state index in [-0.39, 0.29) is 35.2 Å². The number of carboxylic acid groups (broad SMARTS) is 1. The number of halogens is 4. The van der Waals surface area contributed by atoms with Gasteiger partial charge in [-0.3, -0.25) is 19.1 Å². The number of nitrogens with two attached hydrogens (primary N) is 1. The van der Waals surface area contributed by atoms with Crippen LogP contribution in [0.5, 0.6) is 0 Å². The van der Waals surface area contributed by atoms with Crippen molar-refractivity contribution in [2.24, 2.45) is 23.5 Å². The Morgan fingerprint density at radius 3 is 1.93 bits per heavy atom. The molecule has 0 saturated heterocycles. The maximum atomic E-state index is 15.4. The van der Waals surface area contributed by atoms with Crippen molar-refractivity contribution in [3.8, 4) is 0 Å². The number of aromatic nitrogens is 2. The second-order valence-corrected chi connectivity index (χ2v) is 12.7. The van der Waals surface area contributed by atoms with Gasteiger partial charge < -0.3 is 16.2 Å². The van der Waals surface area contributed by atoms with E-state index >= 15 is 4.39 Å². The fourth-order valence-corrected chi connectivity index (χ4v) is 7.25. The molecule has 1 aromatic heterocycles. The number of rotatable bonds is 10. The largest absolute Gasteiger partial charge is 0.481 e. The Balaban J connectivity index is 1.85. The summed E-state index contributed by atoms with van der Waals surface area (Å²) in [6.07, 6.45) is 4.63. The number of alkyl halides is 3. The molecule has 2 aliphatic carbocycles. The summed E-state index contributed by atoms with van der Waals surface area (Å²) < 4.78 is 59.1. The molecule has 0 spiro atoms. The zero-order valence-electron chi connectivity index (χ0n) is 25.4. The Hall–Kier alpha value is -3.44. The Morgan fingerprint density at radius 2 is 1.50 bits per heavy atom. The number of primary amides is 1. The molecule has 0 aliphatic heterocycles. The number of hydrogen-bond acceptors (Lipinski definition) is 4. The van der Waals surface area contributed by atoms with Gasteiger partial charge in [0, 0.05) is 6.04 Å². The standard InChI is InChI=1S/C32H42F4N4O4/c1-17(2)40-26(29(37)41)16-25(39-40)28(27(19-10-6-4-7-11-19)20-12-8-5-9-13-20)30(42)38-24-15-22(32(34,35)36)21(14-23(24)33)18(3)31(43)44/h14-20,27-28H,4-13H2,1-3H3,(H2,37,41)(H,38,42)(H,43,44)/t18?,28-/m1/s1. The number of nitrogens with zero attached hydrogens (tertiary/aromatic N) is 2. The first kappa shape index (κ1) is 33.5. The summed E-state index contributed by atoms with van der Waals surface area (Å²) in [5.74, 6) is -6.74. The predicted molar refractivity (Wildman–Crippen MR) is 157 cm³/mol. The van der Waals surface area contributed by atoms with Crippen LogP contribution < -0.4 is 11.1 Å². The highest BCUT2D eigenvalue weighted by Gasteiger charge is 2.43. The smallest absolute Gasteiger partial charge is 0.416 e. The van der Waals surface area contributed by atoms with E-state index in [1.807, 2.05) is 13.8 Å². The first-order valence-corrected chi connectivity index (χ1v) is 15.5. The van der Waals surface area contributed by atoms with Gasteiger partial charge in [-0.1, -0.05) is 64.2 Å². The van der Waals surface area contributed by atoms with Crippen molar-refractivity contribution in [1.82, 2.24) is 9.78 Å². The highest BCUT2D eigenvalue weighted by atomic mass is 19.4. The molecule has 242 valence electrons. The van der Waals surface area contributed by atoms with Crippen LogP contribution in [0.3, 0.4) is 0 Å². The molecule has 4 rings (SSSR count). The van der Waals surface area contributed by atoms with Crippen molar-refractivity contribution < 1.29 is 37.1 Å². The lowest BCUT2D eigenvalue weighted by Gasteiger charge is -2.41. The summed E-state index contributed by atoms with van der Waals surface area (Å²) in [7, 11) is 0. The van der Waals surface area contributed by atoms with Crippen molar-refractivity contribution >= 4 is 23.5 Å². The van der Waals surface area contributed by atoms with Crippen LogP contribution >= 0.6 is 0 Å². The van der Waals surface area contributed by atoms with E-state index < -0.39 is 58.4 Å². The van der Waals surface area contributed by atoms with Gasteiger partial charge in [0.05, 0.1) is 28.8 Å². The number of carbonyl (C=O) groups is 3. The normalized spacial score (nSPS) is 18.4. The molecule has 2 amide bonds. The van der Waals surface area contributed by atoms with Crippen LogP contribution in [0.1, 0.15) is 130 Å². The number of aliphatic carboxylic acids is 1. The van der Waals surface area contributed by atoms with Crippen molar-refractivity contribution in [2.45, 2.75) is 109 Å².